The first-order chi connectivity index (χ1) is 12.1. The van der Waals surface area contributed by atoms with Gasteiger partial charge in [-0.15, -0.1) is 0 Å². The average molecular weight is 375 g/mol. The zero-order chi connectivity index (χ0) is 17.7. The number of halogens is 1. The Morgan fingerprint density at radius 2 is 1.72 bits per heavy atom. The third-order valence-corrected chi connectivity index (χ3v) is 5.09. The van der Waals surface area contributed by atoms with E-state index in [0.717, 1.165) is 5.56 Å². The molecule has 0 saturated carbocycles. The van der Waals surface area contributed by atoms with Gasteiger partial charge in [0.25, 0.3) is 10.0 Å². The Balaban J connectivity index is 1.81. The van der Waals surface area contributed by atoms with E-state index >= 15 is 0 Å². The van der Waals surface area contributed by atoms with Gasteiger partial charge in [-0.25, -0.2) is 18.4 Å². The van der Waals surface area contributed by atoms with E-state index in [1.807, 2.05) is 12.1 Å². The molecule has 1 heterocycles. The van der Waals surface area contributed by atoms with Crippen molar-refractivity contribution in [1.29, 1.82) is 0 Å². The van der Waals surface area contributed by atoms with Gasteiger partial charge in [-0.3, -0.25) is 4.72 Å². The van der Waals surface area contributed by atoms with Crippen LogP contribution in [-0.4, -0.2) is 18.4 Å². The molecule has 2 aromatic carbocycles. The number of nitrogens with zero attached hydrogens (tertiary/aromatic N) is 2. The van der Waals surface area contributed by atoms with Gasteiger partial charge in [0.2, 0.25) is 0 Å². The Morgan fingerprint density at radius 1 is 1.00 bits per heavy atom. The second-order valence-electron chi connectivity index (χ2n) is 5.15. The molecule has 0 amide bonds. The smallest absolute Gasteiger partial charge is 0.261 e. The monoisotopic (exact) mass is 374 g/mol. The molecule has 0 atom stereocenters. The predicted molar refractivity (Wildman–Crippen MR) is 98.1 cm³/mol. The van der Waals surface area contributed by atoms with E-state index < -0.39 is 10.0 Å². The molecule has 0 fully saturated rings. The summed E-state index contributed by atoms with van der Waals surface area (Å²) in [5.74, 6) is 0.484. The van der Waals surface area contributed by atoms with E-state index in [1.165, 1.54) is 12.5 Å². The molecule has 3 rings (SSSR count). The minimum atomic E-state index is -3.66. The Hall–Kier alpha value is -2.64. The molecule has 0 radical (unpaired) electrons. The minimum absolute atomic E-state index is 0.205. The van der Waals surface area contributed by atoms with E-state index in [4.69, 9.17) is 11.6 Å². The van der Waals surface area contributed by atoms with Crippen molar-refractivity contribution in [2.45, 2.75) is 11.4 Å². The fraction of sp³-hybridized carbons (Fsp3) is 0.0588. The van der Waals surface area contributed by atoms with Crippen molar-refractivity contribution >= 4 is 33.1 Å². The number of anilines is 2. The van der Waals surface area contributed by atoms with Crippen molar-refractivity contribution in [1.82, 2.24) is 9.97 Å². The highest BCUT2D eigenvalue weighted by atomic mass is 35.5. The van der Waals surface area contributed by atoms with Crippen LogP contribution in [0.2, 0.25) is 5.02 Å². The third-order valence-electron chi connectivity index (χ3n) is 3.43. The summed E-state index contributed by atoms with van der Waals surface area (Å²) in [7, 11) is -3.66. The highest BCUT2D eigenvalue weighted by Gasteiger charge is 2.15. The molecule has 0 aliphatic rings. The number of benzene rings is 2. The average Bonchev–Trinajstić information content (AvgIpc) is 2.63. The molecule has 0 spiro atoms. The lowest BCUT2D eigenvalue weighted by atomic mass is 10.2. The Bertz CT molecular complexity index is 965. The standard InChI is InChI=1S/C17H15ClN4O2S/c18-15-11-19-12-21-17(15)20-10-13-6-4-5-9-16(13)22-25(23,24)14-7-2-1-3-8-14/h1-9,11-12,22H,10H2,(H,19,20,21). The first-order valence-electron chi connectivity index (χ1n) is 7.41. The van der Waals surface area contributed by atoms with E-state index in [9.17, 15) is 8.42 Å². The lowest BCUT2D eigenvalue weighted by molar-refractivity contribution is 0.601. The van der Waals surface area contributed by atoms with Gasteiger partial charge in [-0.1, -0.05) is 48.0 Å². The molecule has 0 unspecified atom stereocenters. The van der Waals surface area contributed by atoms with Gasteiger partial charge < -0.3 is 5.32 Å². The summed E-state index contributed by atoms with van der Waals surface area (Å²) < 4.78 is 27.6. The van der Waals surface area contributed by atoms with Gasteiger partial charge in [0, 0.05) is 6.54 Å². The van der Waals surface area contributed by atoms with Crippen molar-refractivity contribution in [2.24, 2.45) is 0 Å². The van der Waals surface area contributed by atoms with Crippen LogP contribution in [0.25, 0.3) is 0 Å². The first kappa shape index (κ1) is 17.2. The molecule has 1 aromatic heterocycles. The fourth-order valence-corrected chi connectivity index (χ4v) is 3.49. The van der Waals surface area contributed by atoms with Crippen molar-refractivity contribution in [3.8, 4) is 0 Å². The molecule has 0 bridgehead atoms. The van der Waals surface area contributed by atoms with Crippen LogP contribution < -0.4 is 10.0 Å². The molecule has 0 aliphatic carbocycles. The zero-order valence-electron chi connectivity index (χ0n) is 13.1. The second-order valence-corrected chi connectivity index (χ2v) is 7.24. The van der Waals surface area contributed by atoms with Crippen molar-refractivity contribution in [3.05, 3.63) is 77.7 Å². The van der Waals surface area contributed by atoms with Crippen LogP contribution in [0.1, 0.15) is 5.56 Å². The normalized spacial score (nSPS) is 11.1. The minimum Gasteiger partial charge on any atom is -0.365 e. The van der Waals surface area contributed by atoms with E-state index in [0.29, 0.717) is 23.1 Å². The van der Waals surface area contributed by atoms with Crippen LogP contribution >= 0.6 is 11.6 Å². The molecule has 0 aliphatic heterocycles. The van der Waals surface area contributed by atoms with Crippen LogP contribution in [0.15, 0.2) is 72.0 Å². The van der Waals surface area contributed by atoms with Gasteiger partial charge in [0.15, 0.2) is 0 Å². The molecule has 2 N–H and O–H groups in total. The quantitative estimate of drug-likeness (QED) is 0.689. The molecule has 6 nitrogen and oxygen atoms in total. The summed E-state index contributed by atoms with van der Waals surface area (Å²) >= 11 is 6.02. The number of hydrogen-bond donors (Lipinski definition) is 2. The van der Waals surface area contributed by atoms with Crippen molar-refractivity contribution in [2.75, 3.05) is 10.0 Å². The fourth-order valence-electron chi connectivity index (χ4n) is 2.20. The lowest BCUT2D eigenvalue weighted by Gasteiger charge is -2.14. The number of para-hydroxylation sites is 1. The largest absolute Gasteiger partial charge is 0.365 e. The summed E-state index contributed by atoms with van der Waals surface area (Å²) in [5, 5.41) is 3.47. The Labute approximate surface area is 151 Å². The summed E-state index contributed by atoms with van der Waals surface area (Å²) in [6, 6.07) is 15.3. The zero-order valence-corrected chi connectivity index (χ0v) is 14.6. The van der Waals surface area contributed by atoms with Crippen LogP contribution in [0.3, 0.4) is 0 Å². The number of sulfonamides is 1. The van der Waals surface area contributed by atoms with Crippen molar-refractivity contribution in [3.63, 3.8) is 0 Å². The van der Waals surface area contributed by atoms with Gasteiger partial charge in [0.1, 0.15) is 17.2 Å². The van der Waals surface area contributed by atoms with E-state index in [-0.39, 0.29) is 4.90 Å². The van der Waals surface area contributed by atoms with Gasteiger partial charge in [0.05, 0.1) is 16.8 Å². The number of rotatable bonds is 6. The SMILES string of the molecule is O=S(=O)(Nc1ccccc1CNc1ncncc1Cl)c1ccccc1. The van der Waals surface area contributed by atoms with Gasteiger partial charge >= 0.3 is 0 Å². The summed E-state index contributed by atoms with van der Waals surface area (Å²) in [4.78, 5) is 8.08. The summed E-state index contributed by atoms with van der Waals surface area (Å²) in [6.45, 7) is 0.351. The highest BCUT2D eigenvalue weighted by Crippen LogP contribution is 2.22. The maximum absolute atomic E-state index is 12.5. The van der Waals surface area contributed by atoms with E-state index in [1.54, 1.807) is 42.5 Å². The van der Waals surface area contributed by atoms with Crippen LogP contribution in [0, 0.1) is 0 Å². The lowest BCUT2D eigenvalue weighted by Crippen LogP contribution is -2.15. The van der Waals surface area contributed by atoms with Crippen LogP contribution in [-0.2, 0) is 16.6 Å². The predicted octanol–water partition coefficient (Wildman–Crippen LogP) is 3.54. The van der Waals surface area contributed by atoms with Crippen LogP contribution in [0.4, 0.5) is 11.5 Å². The maximum Gasteiger partial charge on any atom is 0.261 e. The Morgan fingerprint density at radius 3 is 2.48 bits per heavy atom. The van der Waals surface area contributed by atoms with Gasteiger partial charge in [-0.2, -0.15) is 0 Å². The van der Waals surface area contributed by atoms with Gasteiger partial charge in [-0.05, 0) is 23.8 Å². The number of hydrogen-bond acceptors (Lipinski definition) is 5. The molecular formula is C17H15ClN4O2S. The number of aromatic nitrogens is 2. The van der Waals surface area contributed by atoms with E-state index in [2.05, 4.69) is 20.0 Å². The maximum atomic E-state index is 12.5. The molecular weight excluding hydrogens is 360 g/mol. The molecule has 3 aromatic rings. The van der Waals surface area contributed by atoms with Crippen LogP contribution in [0.5, 0.6) is 0 Å². The summed E-state index contributed by atoms with van der Waals surface area (Å²) in [6.07, 6.45) is 2.87. The molecule has 8 heteroatoms. The summed E-state index contributed by atoms with van der Waals surface area (Å²) in [5.41, 5.74) is 1.25. The topological polar surface area (TPSA) is 84.0 Å². The third kappa shape index (κ3) is 4.26. The number of nitrogens with one attached hydrogen (secondary N) is 2. The molecule has 128 valence electrons. The first-order valence-corrected chi connectivity index (χ1v) is 9.27. The van der Waals surface area contributed by atoms with Crippen molar-refractivity contribution < 1.29 is 8.42 Å². The molecule has 25 heavy (non-hydrogen) atoms. The highest BCUT2D eigenvalue weighted by molar-refractivity contribution is 7.92. The molecule has 0 saturated heterocycles. The second kappa shape index (κ2) is 7.50. The Kier molecular flexibility index (Phi) is 5.16.